The summed E-state index contributed by atoms with van der Waals surface area (Å²) in [5.41, 5.74) is 0.741. The number of carbonyl (C=O) groups is 5. The number of hydrogen-bond donors (Lipinski definition) is 4. The number of amides is 5. The van der Waals surface area contributed by atoms with Crippen LogP contribution in [0.25, 0.3) is 21.6 Å². The van der Waals surface area contributed by atoms with Crippen LogP contribution in [0, 0.1) is 11.3 Å². The predicted molar refractivity (Wildman–Crippen MR) is 197 cm³/mol. The van der Waals surface area contributed by atoms with Crippen LogP contribution in [-0.2, 0) is 19.2 Å². The molecular formula is C38H49N7O6S. The molecule has 2 saturated carbocycles. The van der Waals surface area contributed by atoms with Gasteiger partial charge in [0.2, 0.25) is 17.6 Å². The lowest BCUT2D eigenvalue weighted by atomic mass is 9.85. The summed E-state index contributed by atoms with van der Waals surface area (Å²) in [5.74, 6) is -1.59. The molecule has 3 aliphatic rings. The molecule has 52 heavy (non-hydrogen) atoms. The molecular weight excluding hydrogens is 683 g/mol. The summed E-state index contributed by atoms with van der Waals surface area (Å²) in [7, 11) is 0. The number of aromatic nitrogens is 2. The van der Waals surface area contributed by atoms with Crippen molar-refractivity contribution in [2.24, 2.45) is 11.3 Å². The van der Waals surface area contributed by atoms with E-state index in [1.54, 1.807) is 6.20 Å². The van der Waals surface area contributed by atoms with E-state index in [0.717, 1.165) is 35.9 Å². The zero-order chi connectivity index (χ0) is 37.4. The molecule has 0 spiro atoms. The number of hydrogen-bond acceptors (Lipinski definition) is 9. The van der Waals surface area contributed by atoms with Gasteiger partial charge in [-0.15, -0.1) is 11.3 Å². The smallest absolute Gasteiger partial charge is 0.315 e. The van der Waals surface area contributed by atoms with Crippen LogP contribution in [0.15, 0.2) is 41.9 Å². The molecule has 2 aliphatic carbocycles. The highest BCUT2D eigenvalue weighted by Gasteiger charge is 2.47. The molecule has 1 saturated heterocycles. The van der Waals surface area contributed by atoms with Crippen molar-refractivity contribution in [1.82, 2.24) is 36.1 Å². The SMILES string of the molecule is CC(C)(C)NC(=O)N[C@H](C(=O)N1C[C@H](Oc2cc(-c3ccccn3)nc3ccsc23)C[C@H]1C(=O)N[C@@H](CC1CC1)C(=O)C(=O)NC1CC1)C(C)(C)C. The number of likely N-dealkylation sites (tertiary alicyclic amines) is 1. The summed E-state index contributed by atoms with van der Waals surface area (Å²) in [4.78, 5) is 78.8. The first-order valence-electron chi connectivity index (χ1n) is 18.1. The highest BCUT2D eigenvalue weighted by atomic mass is 32.1. The van der Waals surface area contributed by atoms with Crippen LogP contribution in [0.2, 0.25) is 0 Å². The average Bonchev–Trinajstić information content (AvgIpc) is 3.98. The van der Waals surface area contributed by atoms with Crippen LogP contribution in [0.3, 0.4) is 0 Å². The number of carbonyl (C=O) groups excluding carboxylic acids is 5. The quantitative estimate of drug-likeness (QED) is 0.199. The Labute approximate surface area is 308 Å². The lowest BCUT2D eigenvalue weighted by Gasteiger charge is -2.36. The van der Waals surface area contributed by atoms with Gasteiger partial charge in [0.05, 0.1) is 34.2 Å². The van der Waals surface area contributed by atoms with Gasteiger partial charge >= 0.3 is 6.03 Å². The molecule has 14 heteroatoms. The Kier molecular flexibility index (Phi) is 10.6. The molecule has 13 nitrogen and oxygen atoms in total. The number of ether oxygens (including phenoxy) is 1. The number of urea groups is 1. The van der Waals surface area contributed by atoms with Gasteiger partial charge in [-0.1, -0.05) is 39.7 Å². The van der Waals surface area contributed by atoms with Crippen molar-refractivity contribution in [3.8, 4) is 17.1 Å². The van der Waals surface area contributed by atoms with Gasteiger partial charge in [0.1, 0.15) is 23.9 Å². The Morgan fingerprint density at radius 3 is 2.37 bits per heavy atom. The largest absolute Gasteiger partial charge is 0.487 e. The highest BCUT2D eigenvalue weighted by molar-refractivity contribution is 7.17. The third kappa shape index (κ3) is 9.25. The first kappa shape index (κ1) is 37.2. The third-order valence-corrected chi connectivity index (χ3v) is 10.3. The van der Waals surface area contributed by atoms with E-state index in [1.807, 2.05) is 77.3 Å². The molecule has 0 aromatic carbocycles. The van der Waals surface area contributed by atoms with Crippen LogP contribution in [-0.4, -0.2) is 86.8 Å². The van der Waals surface area contributed by atoms with Crippen LogP contribution in [0.1, 0.15) is 80.1 Å². The van der Waals surface area contributed by atoms with Gasteiger partial charge in [-0.25, -0.2) is 9.78 Å². The van der Waals surface area contributed by atoms with Crippen molar-refractivity contribution in [3.63, 3.8) is 0 Å². The van der Waals surface area contributed by atoms with Gasteiger partial charge in [0.25, 0.3) is 5.91 Å². The highest BCUT2D eigenvalue weighted by Crippen LogP contribution is 2.37. The number of fused-ring (bicyclic) bond motifs is 1. The maximum Gasteiger partial charge on any atom is 0.315 e. The fraction of sp³-hybridized carbons (Fsp3) is 0.553. The zero-order valence-electron chi connectivity index (χ0n) is 30.7. The van der Waals surface area contributed by atoms with Crippen molar-refractivity contribution < 1.29 is 28.7 Å². The number of Topliss-reactive ketones (excluding diaryl/α,β-unsaturated/α-hetero) is 1. The number of pyridine rings is 2. The van der Waals surface area contributed by atoms with Gasteiger partial charge in [-0.3, -0.25) is 24.2 Å². The lowest BCUT2D eigenvalue weighted by molar-refractivity contribution is -0.144. The Bertz CT molecular complexity index is 1830. The Balaban J connectivity index is 1.29. The van der Waals surface area contributed by atoms with E-state index in [0.29, 0.717) is 23.6 Å². The molecule has 3 fully saturated rings. The fourth-order valence-corrected chi connectivity index (χ4v) is 7.16. The summed E-state index contributed by atoms with van der Waals surface area (Å²) >= 11 is 1.47. The summed E-state index contributed by atoms with van der Waals surface area (Å²) in [5, 5.41) is 13.3. The van der Waals surface area contributed by atoms with E-state index in [1.165, 1.54) is 16.2 Å². The van der Waals surface area contributed by atoms with Crippen molar-refractivity contribution >= 4 is 51.1 Å². The topological polar surface area (TPSA) is 172 Å². The summed E-state index contributed by atoms with van der Waals surface area (Å²) in [6.45, 7) is 11.1. The van der Waals surface area contributed by atoms with Gasteiger partial charge < -0.3 is 30.9 Å². The van der Waals surface area contributed by atoms with E-state index in [9.17, 15) is 24.0 Å². The second-order valence-electron chi connectivity index (χ2n) is 16.3. The summed E-state index contributed by atoms with van der Waals surface area (Å²) in [6.07, 6.45) is 5.05. The molecule has 4 N–H and O–H groups in total. The minimum Gasteiger partial charge on any atom is -0.487 e. The molecule has 0 bridgehead atoms. The van der Waals surface area contributed by atoms with Gasteiger partial charge in [0, 0.05) is 30.3 Å². The van der Waals surface area contributed by atoms with Crippen molar-refractivity contribution in [2.75, 3.05) is 6.54 Å². The maximum atomic E-state index is 14.6. The fourth-order valence-electron chi connectivity index (χ4n) is 6.37. The summed E-state index contributed by atoms with van der Waals surface area (Å²) in [6, 6.07) is 5.72. The van der Waals surface area contributed by atoms with E-state index in [4.69, 9.17) is 9.72 Å². The molecule has 3 aromatic heterocycles. The Morgan fingerprint density at radius 1 is 0.981 bits per heavy atom. The molecule has 0 unspecified atom stereocenters. The van der Waals surface area contributed by atoms with Gasteiger partial charge in [0.15, 0.2) is 0 Å². The van der Waals surface area contributed by atoms with E-state index in [2.05, 4.69) is 26.3 Å². The van der Waals surface area contributed by atoms with Crippen LogP contribution in [0.5, 0.6) is 5.75 Å². The van der Waals surface area contributed by atoms with Crippen LogP contribution in [0.4, 0.5) is 4.79 Å². The number of nitrogens with one attached hydrogen (secondary N) is 4. The van der Waals surface area contributed by atoms with Crippen molar-refractivity contribution in [3.05, 3.63) is 41.9 Å². The number of ketones is 1. The number of nitrogens with zero attached hydrogens (tertiary/aromatic N) is 3. The Morgan fingerprint density at radius 2 is 1.73 bits per heavy atom. The summed E-state index contributed by atoms with van der Waals surface area (Å²) < 4.78 is 7.45. The van der Waals surface area contributed by atoms with E-state index in [-0.39, 0.29) is 24.9 Å². The minimum absolute atomic E-state index is 0.00641. The normalized spacial score (nSPS) is 20.2. The predicted octanol–water partition coefficient (Wildman–Crippen LogP) is 4.35. The molecule has 5 amide bonds. The van der Waals surface area contributed by atoms with Crippen molar-refractivity contribution in [2.45, 2.75) is 116 Å². The maximum absolute atomic E-state index is 14.6. The van der Waals surface area contributed by atoms with E-state index >= 15 is 0 Å². The first-order chi connectivity index (χ1) is 24.6. The average molecular weight is 732 g/mol. The lowest BCUT2D eigenvalue weighted by Crippen LogP contribution is -2.61. The molecule has 6 rings (SSSR count). The molecule has 4 heterocycles. The standard InChI is InChI=1S/C38H49N7O6S/c1-37(2,3)32(43-36(50)44-38(4,5)6)35(49)45-20-23(51-29-19-26(24-9-7-8-15-39-24)41-25-14-16-52-31(25)29)18-28(45)33(47)42-27(17-21-10-11-21)30(46)34(48)40-22-12-13-22/h7-9,14-16,19,21-23,27-28,32H,10-13,17-18,20H2,1-6H3,(H,40,48)(H,42,47)(H2,43,44,50)/t23-,27+,28+,32-/m1/s1. The first-order valence-corrected chi connectivity index (χ1v) is 18.9. The molecule has 4 atom stereocenters. The minimum atomic E-state index is -1.04. The Hall–Kier alpha value is -4.59. The second kappa shape index (κ2) is 14.8. The monoisotopic (exact) mass is 731 g/mol. The molecule has 278 valence electrons. The molecule has 0 radical (unpaired) electrons. The third-order valence-electron chi connectivity index (χ3n) is 9.36. The van der Waals surface area contributed by atoms with Gasteiger partial charge in [-0.2, -0.15) is 0 Å². The van der Waals surface area contributed by atoms with Crippen LogP contribution < -0.4 is 26.0 Å². The van der Waals surface area contributed by atoms with Crippen LogP contribution >= 0.6 is 11.3 Å². The number of thiophene rings is 1. The van der Waals surface area contributed by atoms with Gasteiger partial charge in [-0.05, 0) is 74.9 Å². The second-order valence-corrected chi connectivity index (χ2v) is 17.3. The van der Waals surface area contributed by atoms with E-state index < -0.39 is 64.7 Å². The molecule has 1 aliphatic heterocycles. The zero-order valence-corrected chi connectivity index (χ0v) is 31.5. The molecule has 3 aromatic rings. The number of rotatable bonds is 12. The van der Waals surface area contributed by atoms with Crippen molar-refractivity contribution in [1.29, 1.82) is 0 Å².